The molecule has 0 bridgehead atoms. The minimum absolute atomic E-state index is 0.353. The van der Waals surface area contributed by atoms with Crippen LogP contribution in [0.25, 0.3) is 11.3 Å². The summed E-state index contributed by atoms with van der Waals surface area (Å²) in [6, 6.07) is 1.67. The minimum Gasteiger partial charge on any atom is -0.496 e. The Balaban J connectivity index is 2.81. The first kappa shape index (κ1) is 14.7. The molecule has 0 unspecified atom stereocenters. The van der Waals surface area contributed by atoms with E-state index in [9.17, 15) is 4.79 Å². The van der Waals surface area contributed by atoms with Crippen LogP contribution in [0.1, 0.15) is 27.2 Å². The van der Waals surface area contributed by atoms with Crippen LogP contribution < -0.4 is 4.74 Å². The van der Waals surface area contributed by atoms with E-state index < -0.39 is 0 Å². The Morgan fingerprint density at radius 3 is 2.45 bits per heavy atom. The van der Waals surface area contributed by atoms with Crippen LogP contribution in [0.5, 0.6) is 5.75 Å². The van der Waals surface area contributed by atoms with Gasteiger partial charge in [-0.15, -0.1) is 0 Å². The summed E-state index contributed by atoms with van der Waals surface area (Å²) < 4.78 is 6.58. The number of nitrogens with zero attached hydrogens (tertiary/aromatic N) is 2. The summed E-state index contributed by atoms with van der Waals surface area (Å²) in [5.41, 5.74) is 5.12. The SMILES string of the molecule is COc1c(C)c(C)c(Br)c(C)c1-c1cc(C=O)ncn1. The Morgan fingerprint density at radius 2 is 1.85 bits per heavy atom. The van der Waals surface area contributed by atoms with Crippen molar-refractivity contribution in [3.8, 4) is 17.0 Å². The van der Waals surface area contributed by atoms with Crippen molar-refractivity contribution in [2.45, 2.75) is 20.8 Å². The zero-order chi connectivity index (χ0) is 14.9. The van der Waals surface area contributed by atoms with Crippen LogP contribution in [-0.4, -0.2) is 23.4 Å². The molecule has 0 spiro atoms. The second-order valence-corrected chi connectivity index (χ2v) is 5.34. The van der Waals surface area contributed by atoms with Crippen LogP contribution in [0, 0.1) is 20.8 Å². The van der Waals surface area contributed by atoms with Gasteiger partial charge in [0.1, 0.15) is 17.8 Å². The fourth-order valence-electron chi connectivity index (χ4n) is 2.22. The van der Waals surface area contributed by atoms with Gasteiger partial charge in [-0.3, -0.25) is 4.79 Å². The number of hydrogen-bond donors (Lipinski definition) is 0. The van der Waals surface area contributed by atoms with Gasteiger partial charge in [0.25, 0.3) is 0 Å². The Bertz CT molecular complexity index is 684. The maximum absolute atomic E-state index is 10.9. The first-order valence-corrected chi connectivity index (χ1v) is 6.91. The second kappa shape index (κ2) is 5.71. The third-order valence-electron chi connectivity index (χ3n) is 3.43. The molecular formula is C15H15BrN2O2. The Labute approximate surface area is 126 Å². The predicted molar refractivity (Wildman–Crippen MR) is 81.3 cm³/mol. The molecule has 104 valence electrons. The van der Waals surface area contributed by atoms with Gasteiger partial charge in [0, 0.05) is 10.0 Å². The number of methoxy groups -OCH3 is 1. The van der Waals surface area contributed by atoms with E-state index in [4.69, 9.17) is 4.74 Å². The van der Waals surface area contributed by atoms with Gasteiger partial charge in [0.2, 0.25) is 0 Å². The maximum atomic E-state index is 10.9. The van der Waals surface area contributed by atoms with Crippen LogP contribution in [0.2, 0.25) is 0 Å². The van der Waals surface area contributed by atoms with Crippen molar-refractivity contribution >= 4 is 22.2 Å². The Hall–Kier alpha value is -1.75. The zero-order valence-corrected chi connectivity index (χ0v) is 13.4. The van der Waals surface area contributed by atoms with Crippen LogP contribution >= 0.6 is 15.9 Å². The standard InChI is InChI=1S/C15H15BrN2O2/c1-8-9(2)15(20-4)13(10(3)14(8)16)12-5-11(6-19)17-7-18-12/h5-7H,1-4H3. The molecule has 20 heavy (non-hydrogen) atoms. The molecule has 0 radical (unpaired) electrons. The van der Waals surface area contributed by atoms with Gasteiger partial charge in [-0.2, -0.15) is 0 Å². The van der Waals surface area contributed by atoms with E-state index in [0.717, 1.165) is 32.5 Å². The number of aldehydes is 1. The summed E-state index contributed by atoms with van der Waals surface area (Å²) in [5, 5.41) is 0. The van der Waals surface area contributed by atoms with Gasteiger partial charge in [0.05, 0.1) is 12.8 Å². The molecule has 2 aromatic rings. The highest BCUT2D eigenvalue weighted by molar-refractivity contribution is 9.10. The molecule has 1 aromatic carbocycles. The smallest absolute Gasteiger partial charge is 0.168 e. The number of rotatable bonds is 3. The number of halogens is 1. The van der Waals surface area contributed by atoms with Crippen LogP contribution in [0.15, 0.2) is 16.9 Å². The summed E-state index contributed by atoms with van der Waals surface area (Å²) >= 11 is 3.61. The average Bonchev–Trinajstić information content (AvgIpc) is 2.48. The minimum atomic E-state index is 0.353. The fourth-order valence-corrected chi connectivity index (χ4v) is 2.72. The molecule has 0 saturated heterocycles. The van der Waals surface area contributed by atoms with E-state index in [1.807, 2.05) is 20.8 Å². The van der Waals surface area contributed by atoms with Crippen molar-refractivity contribution in [2.24, 2.45) is 0 Å². The van der Waals surface area contributed by atoms with Gasteiger partial charge in [-0.1, -0.05) is 15.9 Å². The van der Waals surface area contributed by atoms with E-state index in [-0.39, 0.29) is 0 Å². The third kappa shape index (κ3) is 2.33. The summed E-state index contributed by atoms with van der Waals surface area (Å²) in [7, 11) is 1.64. The van der Waals surface area contributed by atoms with Gasteiger partial charge in [-0.25, -0.2) is 9.97 Å². The lowest BCUT2D eigenvalue weighted by Gasteiger charge is -2.18. The monoisotopic (exact) mass is 334 g/mol. The van der Waals surface area contributed by atoms with Crippen molar-refractivity contribution in [1.29, 1.82) is 0 Å². The van der Waals surface area contributed by atoms with Gasteiger partial charge < -0.3 is 4.74 Å². The van der Waals surface area contributed by atoms with Crippen molar-refractivity contribution < 1.29 is 9.53 Å². The van der Waals surface area contributed by atoms with Crippen molar-refractivity contribution in [3.63, 3.8) is 0 Å². The van der Waals surface area contributed by atoms with E-state index in [2.05, 4.69) is 25.9 Å². The second-order valence-electron chi connectivity index (χ2n) is 4.54. The molecule has 0 aliphatic rings. The van der Waals surface area contributed by atoms with Crippen molar-refractivity contribution in [1.82, 2.24) is 9.97 Å². The molecule has 1 aromatic heterocycles. The Morgan fingerprint density at radius 1 is 1.15 bits per heavy atom. The molecule has 1 heterocycles. The molecule has 0 aliphatic heterocycles. The quantitative estimate of drug-likeness (QED) is 0.804. The van der Waals surface area contributed by atoms with Crippen molar-refractivity contribution in [2.75, 3.05) is 7.11 Å². The van der Waals surface area contributed by atoms with Gasteiger partial charge in [-0.05, 0) is 43.5 Å². The number of benzene rings is 1. The van der Waals surface area contributed by atoms with E-state index in [1.165, 1.54) is 6.33 Å². The summed E-state index contributed by atoms with van der Waals surface area (Å²) in [6.45, 7) is 6.04. The van der Waals surface area contributed by atoms with Crippen LogP contribution in [0.3, 0.4) is 0 Å². The normalized spacial score (nSPS) is 10.4. The molecule has 5 heteroatoms. The first-order chi connectivity index (χ1) is 9.51. The lowest BCUT2D eigenvalue weighted by Crippen LogP contribution is -2.01. The molecule has 0 aliphatic carbocycles. The molecule has 0 fully saturated rings. The van der Waals surface area contributed by atoms with Gasteiger partial charge >= 0.3 is 0 Å². The first-order valence-electron chi connectivity index (χ1n) is 6.12. The highest BCUT2D eigenvalue weighted by atomic mass is 79.9. The number of aromatic nitrogens is 2. The van der Waals surface area contributed by atoms with E-state index in [1.54, 1.807) is 13.2 Å². The topological polar surface area (TPSA) is 52.1 Å². The molecule has 0 atom stereocenters. The lowest BCUT2D eigenvalue weighted by molar-refractivity contribution is 0.111. The zero-order valence-electron chi connectivity index (χ0n) is 11.8. The van der Waals surface area contributed by atoms with E-state index >= 15 is 0 Å². The largest absolute Gasteiger partial charge is 0.496 e. The van der Waals surface area contributed by atoms with Crippen LogP contribution in [0.4, 0.5) is 0 Å². The number of ether oxygens (including phenoxy) is 1. The number of carbonyl (C=O) groups excluding carboxylic acids is 1. The van der Waals surface area contributed by atoms with Crippen LogP contribution in [-0.2, 0) is 0 Å². The molecule has 0 amide bonds. The Kier molecular flexibility index (Phi) is 4.18. The summed E-state index contributed by atoms with van der Waals surface area (Å²) in [6.07, 6.45) is 2.10. The lowest BCUT2D eigenvalue weighted by atomic mass is 9.96. The molecule has 4 nitrogen and oxygen atoms in total. The molecule has 2 rings (SSSR count). The fraction of sp³-hybridized carbons (Fsp3) is 0.267. The highest BCUT2D eigenvalue weighted by Crippen LogP contribution is 2.41. The average molecular weight is 335 g/mol. The van der Waals surface area contributed by atoms with E-state index in [0.29, 0.717) is 17.7 Å². The summed E-state index contributed by atoms with van der Waals surface area (Å²) in [4.78, 5) is 19.1. The number of hydrogen-bond acceptors (Lipinski definition) is 4. The molecular weight excluding hydrogens is 320 g/mol. The van der Waals surface area contributed by atoms with Crippen molar-refractivity contribution in [3.05, 3.63) is 39.3 Å². The maximum Gasteiger partial charge on any atom is 0.168 e. The number of carbonyl (C=O) groups is 1. The third-order valence-corrected chi connectivity index (χ3v) is 4.62. The molecule has 0 saturated carbocycles. The molecule has 0 N–H and O–H groups in total. The van der Waals surface area contributed by atoms with Gasteiger partial charge in [0.15, 0.2) is 6.29 Å². The predicted octanol–water partition coefficient (Wildman–Crippen LogP) is 3.65. The summed E-state index contributed by atoms with van der Waals surface area (Å²) in [5.74, 6) is 0.777. The highest BCUT2D eigenvalue weighted by Gasteiger charge is 2.19.